The molecule has 0 aliphatic carbocycles. The molecule has 1 atom stereocenters. The number of hydrogen-bond donors (Lipinski definition) is 0. The second-order valence-corrected chi connectivity index (χ2v) is 6.32. The zero-order valence-corrected chi connectivity index (χ0v) is 14.0. The summed E-state index contributed by atoms with van der Waals surface area (Å²) in [7, 11) is 4.24. The first-order valence-electron chi connectivity index (χ1n) is 8.04. The highest BCUT2D eigenvalue weighted by Crippen LogP contribution is 2.37. The van der Waals surface area contributed by atoms with E-state index in [2.05, 4.69) is 85.9 Å². The quantitative estimate of drug-likeness (QED) is 0.645. The largest absolute Gasteiger partial charge is 0.352 e. The molecule has 23 heavy (non-hydrogen) atoms. The maximum Gasteiger partial charge on any atom is 0.137 e. The van der Waals surface area contributed by atoms with Gasteiger partial charge in [-0.05, 0) is 25.5 Å². The highest BCUT2D eigenvalue weighted by atomic mass is 15.2. The maximum absolute atomic E-state index is 5.10. The van der Waals surface area contributed by atoms with Crippen molar-refractivity contribution >= 4 is 22.4 Å². The number of nitrogens with zero attached hydrogens (tertiary/aromatic N) is 3. The summed E-state index contributed by atoms with van der Waals surface area (Å²) >= 11 is 0. The van der Waals surface area contributed by atoms with E-state index in [-0.39, 0.29) is 0 Å². The Morgan fingerprint density at radius 1 is 0.957 bits per heavy atom. The van der Waals surface area contributed by atoms with Gasteiger partial charge >= 0.3 is 0 Å². The third kappa shape index (κ3) is 1.93. The standard InChI is InChI=1S/C20H21N3/c1-13-15-9-5-6-10-16(15)20(23(13)4)21-19-14(2)22(3)18-12-8-7-11-17(18)19/h5-13H,1-4H3. The zero-order valence-electron chi connectivity index (χ0n) is 14.0. The van der Waals surface area contributed by atoms with E-state index in [0.717, 1.165) is 11.5 Å². The van der Waals surface area contributed by atoms with Gasteiger partial charge in [-0.1, -0.05) is 42.5 Å². The molecule has 3 heteroatoms. The Morgan fingerprint density at radius 3 is 2.48 bits per heavy atom. The molecule has 2 aromatic carbocycles. The molecule has 0 radical (unpaired) electrons. The molecule has 0 N–H and O–H groups in total. The summed E-state index contributed by atoms with van der Waals surface area (Å²) < 4.78 is 2.22. The molecule has 0 spiro atoms. The molecule has 0 fully saturated rings. The predicted molar refractivity (Wildman–Crippen MR) is 96.5 cm³/mol. The van der Waals surface area contributed by atoms with Gasteiger partial charge in [0, 0.05) is 30.7 Å². The second-order valence-electron chi connectivity index (χ2n) is 6.32. The third-order valence-electron chi connectivity index (χ3n) is 5.15. The monoisotopic (exact) mass is 303 g/mol. The Labute approximate surface area is 136 Å². The summed E-state index contributed by atoms with van der Waals surface area (Å²) in [5.41, 5.74) is 6.10. The summed E-state index contributed by atoms with van der Waals surface area (Å²) in [6.07, 6.45) is 0. The van der Waals surface area contributed by atoms with Crippen LogP contribution in [0.15, 0.2) is 53.5 Å². The summed E-state index contributed by atoms with van der Waals surface area (Å²) in [5, 5.41) is 1.21. The second kappa shape index (κ2) is 4.98. The van der Waals surface area contributed by atoms with Crippen molar-refractivity contribution in [1.29, 1.82) is 0 Å². The Kier molecular flexibility index (Phi) is 3.05. The summed E-state index contributed by atoms with van der Waals surface area (Å²) in [6.45, 7) is 4.38. The predicted octanol–water partition coefficient (Wildman–Crippen LogP) is 4.57. The number of aryl methyl sites for hydroxylation is 1. The molecular formula is C20H21N3. The van der Waals surface area contributed by atoms with Crippen LogP contribution in [0.4, 0.5) is 5.69 Å². The highest BCUT2D eigenvalue weighted by Gasteiger charge is 2.29. The van der Waals surface area contributed by atoms with Gasteiger partial charge in [0.05, 0.1) is 17.2 Å². The molecular weight excluding hydrogens is 282 g/mol. The Bertz CT molecular complexity index is 933. The lowest BCUT2D eigenvalue weighted by Gasteiger charge is -2.18. The van der Waals surface area contributed by atoms with Gasteiger partial charge < -0.3 is 9.47 Å². The maximum atomic E-state index is 5.10. The number of hydrogen-bond acceptors (Lipinski definition) is 1. The summed E-state index contributed by atoms with van der Waals surface area (Å²) in [4.78, 5) is 7.37. The molecule has 3 nitrogen and oxygen atoms in total. The first kappa shape index (κ1) is 14.1. The van der Waals surface area contributed by atoms with Crippen molar-refractivity contribution in [2.24, 2.45) is 12.0 Å². The molecule has 1 unspecified atom stereocenters. The summed E-state index contributed by atoms with van der Waals surface area (Å²) in [5.74, 6) is 1.06. The molecule has 1 aromatic heterocycles. The summed E-state index contributed by atoms with van der Waals surface area (Å²) in [6, 6.07) is 17.4. The van der Waals surface area contributed by atoms with Crippen LogP contribution in [0.25, 0.3) is 10.9 Å². The average Bonchev–Trinajstić information content (AvgIpc) is 2.97. The van der Waals surface area contributed by atoms with E-state index in [1.54, 1.807) is 0 Å². The van der Waals surface area contributed by atoms with Crippen molar-refractivity contribution in [2.45, 2.75) is 19.9 Å². The minimum Gasteiger partial charge on any atom is -0.352 e. The lowest BCUT2D eigenvalue weighted by molar-refractivity contribution is 0.424. The van der Waals surface area contributed by atoms with Crippen molar-refractivity contribution in [1.82, 2.24) is 9.47 Å². The fourth-order valence-electron chi connectivity index (χ4n) is 3.53. The fourth-order valence-corrected chi connectivity index (χ4v) is 3.53. The number of amidine groups is 1. The van der Waals surface area contributed by atoms with E-state index in [9.17, 15) is 0 Å². The van der Waals surface area contributed by atoms with E-state index in [4.69, 9.17) is 4.99 Å². The average molecular weight is 303 g/mol. The van der Waals surface area contributed by atoms with E-state index >= 15 is 0 Å². The van der Waals surface area contributed by atoms with Crippen molar-refractivity contribution < 1.29 is 0 Å². The van der Waals surface area contributed by atoms with Crippen LogP contribution in [-0.2, 0) is 7.05 Å². The van der Waals surface area contributed by atoms with Crippen LogP contribution in [0, 0.1) is 6.92 Å². The Morgan fingerprint density at radius 2 is 1.65 bits per heavy atom. The van der Waals surface area contributed by atoms with Crippen molar-refractivity contribution in [3.63, 3.8) is 0 Å². The molecule has 1 aliphatic heterocycles. The SMILES string of the molecule is Cc1c(N=C2c3ccccc3C(C)N2C)c2ccccc2n1C. The number of aromatic nitrogens is 1. The topological polar surface area (TPSA) is 20.5 Å². The lowest BCUT2D eigenvalue weighted by Crippen LogP contribution is -2.22. The number of benzene rings is 2. The van der Waals surface area contributed by atoms with Gasteiger partial charge in [-0.3, -0.25) is 0 Å². The molecule has 116 valence electrons. The lowest BCUT2D eigenvalue weighted by atomic mass is 10.1. The Hall–Kier alpha value is -2.55. The number of aliphatic imine (C=N–C) groups is 1. The van der Waals surface area contributed by atoms with Gasteiger partial charge in [0.1, 0.15) is 5.84 Å². The number of para-hydroxylation sites is 1. The number of fused-ring (bicyclic) bond motifs is 2. The van der Waals surface area contributed by atoms with E-state index in [1.807, 2.05) is 0 Å². The third-order valence-corrected chi connectivity index (χ3v) is 5.15. The number of rotatable bonds is 1. The van der Waals surface area contributed by atoms with Crippen LogP contribution in [0.3, 0.4) is 0 Å². The van der Waals surface area contributed by atoms with Crippen LogP contribution in [0.2, 0.25) is 0 Å². The van der Waals surface area contributed by atoms with Gasteiger partial charge in [0.2, 0.25) is 0 Å². The van der Waals surface area contributed by atoms with Crippen LogP contribution >= 0.6 is 0 Å². The van der Waals surface area contributed by atoms with Crippen LogP contribution in [0.5, 0.6) is 0 Å². The zero-order chi connectivity index (χ0) is 16.1. The van der Waals surface area contributed by atoms with Crippen LogP contribution in [-0.4, -0.2) is 22.4 Å². The first-order valence-corrected chi connectivity index (χ1v) is 8.04. The van der Waals surface area contributed by atoms with Crippen molar-refractivity contribution in [3.8, 4) is 0 Å². The minimum absolute atomic E-state index is 0.361. The highest BCUT2D eigenvalue weighted by molar-refractivity contribution is 6.06. The minimum atomic E-state index is 0.361. The fraction of sp³-hybridized carbons (Fsp3) is 0.250. The Balaban J connectivity index is 1.97. The van der Waals surface area contributed by atoms with E-state index in [1.165, 1.54) is 27.7 Å². The van der Waals surface area contributed by atoms with Crippen LogP contribution in [0.1, 0.15) is 29.8 Å². The molecule has 0 bridgehead atoms. The smallest absolute Gasteiger partial charge is 0.137 e. The van der Waals surface area contributed by atoms with E-state index < -0.39 is 0 Å². The van der Waals surface area contributed by atoms with Crippen molar-refractivity contribution in [2.75, 3.05) is 7.05 Å². The van der Waals surface area contributed by atoms with Gasteiger partial charge in [-0.2, -0.15) is 0 Å². The molecule has 1 aliphatic rings. The molecule has 3 aromatic rings. The molecule has 0 saturated carbocycles. The van der Waals surface area contributed by atoms with E-state index in [0.29, 0.717) is 6.04 Å². The normalized spacial score (nSPS) is 18.9. The molecule has 0 saturated heterocycles. The molecule has 0 amide bonds. The van der Waals surface area contributed by atoms with Crippen molar-refractivity contribution in [3.05, 3.63) is 65.4 Å². The molecule has 2 heterocycles. The van der Waals surface area contributed by atoms with Crippen LogP contribution < -0.4 is 0 Å². The first-order chi connectivity index (χ1) is 11.1. The van der Waals surface area contributed by atoms with Gasteiger partial charge in [0.25, 0.3) is 0 Å². The van der Waals surface area contributed by atoms with Gasteiger partial charge in [0.15, 0.2) is 0 Å². The molecule has 4 rings (SSSR count). The van der Waals surface area contributed by atoms with Gasteiger partial charge in [-0.25, -0.2) is 4.99 Å². The van der Waals surface area contributed by atoms with Gasteiger partial charge in [-0.15, -0.1) is 0 Å².